The number of aliphatic hydroxyl groups is 1. The van der Waals surface area contributed by atoms with Crippen molar-refractivity contribution in [1.29, 1.82) is 0 Å². The van der Waals surface area contributed by atoms with E-state index in [2.05, 4.69) is 5.10 Å². The molecular formula is C21H19ClN2O4. The first-order valence-corrected chi connectivity index (χ1v) is 8.92. The van der Waals surface area contributed by atoms with Crippen molar-refractivity contribution in [2.24, 2.45) is 0 Å². The summed E-state index contributed by atoms with van der Waals surface area (Å²) in [6, 6.07) is 16.3. The van der Waals surface area contributed by atoms with E-state index in [0.717, 1.165) is 11.3 Å². The molecule has 0 fully saturated rings. The van der Waals surface area contributed by atoms with Crippen LogP contribution in [0.15, 0.2) is 66.9 Å². The van der Waals surface area contributed by atoms with Crippen molar-refractivity contribution in [3.05, 3.63) is 83.0 Å². The van der Waals surface area contributed by atoms with Gasteiger partial charge in [-0.3, -0.25) is 0 Å². The van der Waals surface area contributed by atoms with Gasteiger partial charge in [0.25, 0.3) is 0 Å². The Labute approximate surface area is 167 Å². The summed E-state index contributed by atoms with van der Waals surface area (Å²) < 4.78 is 12.3. The van der Waals surface area contributed by atoms with E-state index < -0.39 is 5.97 Å². The molecule has 0 spiro atoms. The lowest BCUT2D eigenvalue weighted by atomic mass is 10.00. The van der Waals surface area contributed by atoms with Crippen molar-refractivity contribution >= 4 is 23.1 Å². The standard InChI is InChI=1S/C21H19ClN2O4/c1-27-21(26)19(11-13-25)18-5-3-2-4-15(18)14-28-20-10-12-24(23-20)17-8-6-16(22)7-9-17/h2-12,25H,13-14H2,1H3/b19-11+. The highest BCUT2D eigenvalue weighted by Gasteiger charge is 2.16. The summed E-state index contributed by atoms with van der Waals surface area (Å²) in [6.07, 6.45) is 3.20. The fraction of sp³-hybridized carbons (Fsp3) is 0.143. The molecule has 2 aromatic carbocycles. The molecule has 3 rings (SSSR count). The normalized spacial score (nSPS) is 11.3. The number of esters is 1. The average Bonchev–Trinajstić information content (AvgIpc) is 3.20. The van der Waals surface area contributed by atoms with Crippen LogP contribution >= 0.6 is 11.6 Å². The Kier molecular flexibility index (Phi) is 6.47. The van der Waals surface area contributed by atoms with Gasteiger partial charge in [0.05, 0.1) is 25.0 Å². The van der Waals surface area contributed by atoms with Crippen LogP contribution in [0.3, 0.4) is 0 Å². The van der Waals surface area contributed by atoms with Crippen LogP contribution in [-0.2, 0) is 16.1 Å². The first-order chi connectivity index (χ1) is 13.6. The minimum Gasteiger partial charge on any atom is -0.472 e. The maximum Gasteiger partial charge on any atom is 0.338 e. The minimum atomic E-state index is -0.520. The molecule has 0 amide bonds. The third-order valence-corrected chi connectivity index (χ3v) is 4.29. The summed E-state index contributed by atoms with van der Waals surface area (Å²) in [5, 5.41) is 14.3. The first kappa shape index (κ1) is 19.7. The predicted octanol–water partition coefficient (Wildman–Crippen LogP) is 3.65. The lowest BCUT2D eigenvalue weighted by molar-refractivity contribution is -0.133. The van der Waals surface area contributed by atoms with E-state index in [1.54, 1.807) is 35.1 Å². The Morgan fingerprint density at radius 3 is 2.64 bits per heavy atom. The second kappa shape index (κ2) is 9.21. The highest BCUT2D eigenvalue weighted by Crippen LogP contribution is 2.22. The second-order valence-corrected chi connectivity index (χ2v) is 6.25. The van der Waals surface area contributed by atoms with Gasteiger partial charge in [-0.15, -0.1) is 5.10 Å². The minimum absolute atomic E-state index is 0.202. The molecule has 7 heteroatoms. The first-order valence-electron chi connectivity index (χ1n) is 8.54. The third-order valence-electron chi connectivity index (χ3n) is 4.04. The summed E-state index contributed by atoms with van der Waals surface area (Å²) >= 11 is 5.91. The van der Waals surface area contributed by atoms with Crippen LogP contribution < -0.4 is 4.74 Å². The number of hydrogen-bond donors (Lipinski definition) is 1. The van der Waals surface area contributed by atoms with Gasteiger partial charge in [0, 0.05) is 17.3 Å². The Balaban J connectivity index is 1.78. The highest BCUT2D eigenvalue weighted by molar-refractivity contribution is 6.30. The molecule has 0 saturated carbocycles. The molecule has 0 unspecified atom stereocenters. The number of aliphatic hydroxyl groups excluding tert-OH is 1. The van der Waals surface area contributed by atoms with Crippen LogP contribution in [0.1, 0.15) is 11.1 Å². The van der Waals surface area contributed by atoms with Crippen LogP contribution in [0.2, 0.25) is 5.02 Å². The van der Waals surface area contributed by atoms with E-state index in [0.29, 0.717) is 16.5 Å². The third kappa shape index (κ3) is 4.60. The molecule has 28 heavy (non-hydrogen) atoms. The number of carbonyl (C=O) groups excluding carboxylic acids is 1. The van der Waals surface area contributed by atoms with Gasteiger partial charge in [0.15, 0.2) is 0 Å². The van der Waals surface area contributed by atoms with Crippen molar-refractivity contribution in [3.63, 3.8) is 0 Å². The number of hydrogen-bond acceptors (Lipinski definition) is 5. The molecule has 0 aliphatic carbocycles. The van der Waals surface area contributed by atoms with Crippen LogP contribution in [0, 0.1) is 0 Å². The van der Waals surface area contributed by atoms with Crippen molar-refractivity contribution in [3.8, 4) is 11.6 Å². The number of methoxy groups -OCH3 is 1. The van der Waals surface area contributed by atoms with Crippen molar-refractivity contribution in [2.75, 3.05) is 13.7 Å². The summed E-state index contributed by atoms with van der Waals surface area (Å²) in [7, 11) is 1.30. The van der Waals surface area contributed by atoms with Gasteiger partial charge in [-0.25, -0.2) is 9.48 Å². The van der Waals surface area contributed by atoms with Gasteiger partial charge in [-0.1, -0.05) is 35.9 Å². The van der Waals surface area contributed by atoms with Gasteiger partial charge in [0.2, 0.25) is 5.88 Å². The van der Waals surface area contributed by atoms with Crippen LogP contribution in [0.4, 0.5) is 0 Å². The number of aromatic nitrogens is 2. The van der Waals surface area contributed by atoms with E-state index in [1.165, 1.54) is 13.2 Å². The van der Waals surface area contributed by atoms with E-state index in [9.17, 15) is 9.90 Å². The lowest BCUT2D eigenvalue weighted by Gasteiger charge is -2.12. The quantitative estimate of drug-likeness (QED) is 0.485. The van der Waals surface area contributed by atoms with E-state index >= 15 is 0 Å². The summed E-state index contributed by atoms with van der Waals surface area (Å²) in [5.41, 5.74) is 2.56. The molecule has 0 atom stereocenters. The molecule has 0 aliphatic heterocycles. The maximum absolute atomic E-state index is 12.0. The Morgan fingerprint density at radius 2 is 1.93 bits per heavy atom. The molecule has 0 saturated heterocycles. The Hall–Kier alpha value is -3.09. The zero-order chi connectivity index (χ0) is 19.9. The van der Waals surface area contributed by atoms with Crippen molar-refractivity contribution in [1.82, 2.24) is 9.78 Å². The van der Waals surface area contributed by atoms with E-state index in [1.807, 2.05) is 30.3 Å². The fourth-order valence-electron chi connectivity index (χ4n) is 2.69. The number of halogens is 1. The summed E-state index contributed by atoms with van der Waals surface area (Å²) in [4.78, 5) is 12.0. The molecule has 1 aromatic heterocycles. The van der Waals surface area contributed by atoms with Crippen LogP contribution in [-0.4, -0.2) is 34.6 Å². The zero-order valence-electron chi connectivity index (χ0n) is 15.2. The topological polar surface area (TPSA) is 73.6 Å². The zero-order valence-corrected chi connectivity index (χ0v) is 16.0. The Morgan fingerprint density at radius 1 is 1.18 bits per heavy atom. The van der Waals surface area contributed by atoms with Crippen molar-refractivity contribution in [2.45, 2.75) is 6.61 Å². The molecule has 0 radical (unpaired) electrons. The van der Waals surface area contributed by atoms with Gasteiger partial charge in [-0.05, 0) is 41.5 Å². The molecule has 6 nitrogen and oxygen atoms in total. The number of ether oxygens (including phenoxy) is 2. The number of benzene rings is 2. The second-order valence-electron chi connectivity index (χ2n) is 5.81. The highest BCUT2D eigenvalue weighted by atomic mass is 35.5. The van der Waals surface area contributed by atoms with Gasteiger partial charge < -0.3 is 14.6 Å². The number of nitrogens with zero attached hydrogens (tertiary/aromatic N) is 2. The van der Waals surface area contributed by atoms with Gasteiger partial charge >= 0.3 is 5.97 Å². The average molecular weight is 399 g/mol. The molecule has 1 N–H and O–H groups in total. The molecule has 1 heterocycles. The van der Waals surface area contributed by atoms with Gasteiger partial charge in [0.1, 0.15) is 6.61 Å². The molecule has 3 aromatic rings. The largest absolute Gasteiger partial charge is 0.472 e. The monoisotopic (exact) mass is 398 g/mol. The van der Waals surface area contributed by atoms with Gasteiger partial charge in [-0.2, -0.15) is 0 Å². The van der Waals surface area contributed by atoms with Crippen LogP contribution in [0.5, 0.6) is 5.88 Å². The smallest absolute Gasteiger partial charge is 0.338 e. The fourth-order valence-corrected chi connectivity index (χ4v) is 2.81. The maximum atomic E-state index is 12.0. The number of rotatable bonds is 7. The SMILES string of the molecule is COC(=O)/C(=C/CO)c1ccccc1COc1ccn(-c2ccc(Cl)cc2)n1. The molecule has 0 bridgehead atoms. The predicted molar refractivity (Wildman–Crippen MR) is 106 cm³/mol. The summed E-state index contributed by atoms with van der Waals surface area (Å²) in [5.74, 6) is -0.0796. The molecule has 144 valence electrons. The van der Waals surface area contributed by atoms with Crippen LogP contribution in [0.25, 0.3) is 11.3 Å². The summed E-state index contributed by atoms with van der Waals surface area (Å²) in [6.45, 7) is -0.0707. The number of carbonyl (C=O) groups is 1. The molecule has 0 aliphatic rings. The van der Waals surface area contributed by atoms with E-state index in [-0.39, 0.29) is 18.8 Å². The van der Waals surface area contributed by atoms with Crippen molar-refractivity contribution < 1.29 is 19.4 Å². The van der Waals surface area contributed by atoms with E-state index in [4.69, 9.17) is 21.1 Å². The molecular weight excluding hydrogens is 380 g/mol. The Bertz CT molecular complexity index is 980. The lowest BCUT2D eigenvalue weighted by Crippen LogP contribution is -2.08.